The number of amides is 1. The molecule has 7 heteroatoms. The van der Waals surface area contributed by atoms with Crippen LogP contribution in [0, 0.1) is 0 Å². The number of rotatable bonds is 4. The molecular formula is C19H21NO6. The molecule has 0 saturated heterocycles. The highest BCUT2D eigenvalue weighted by molar-refractivity contribution is 6.54. The van der Waals surface area contributed by atoms with E-state index in [-0.39, 0.29) is 17.9 Å². The summed E-state index contributed by atoms with van der Waals surface area (Å²) < 4.78 is 15.7. The Hall–Kier alpha value is -2.83. The first-order valence-corrected chi connectivity index (χ1v) is 8.32. The maximum Gasteiger partial charge on any atom is 0.344 e. The molecule has 1 aromatic rings. The Kier molecular flexibility index (Phi) is 4.26. The van der Waals surface area contributed by atoms with Gasteiger partial charge in [0.15, 0.2) is 11.5 Å². The average Bonchev–Trinajstić information content (AvgIpc) is 2.86. The number of methoxy groups -OCH3 is 2. The second-order valence-corrected chi connectivity index (χ2v) is 6.77. The van der Waals surface area contributed by atoms with Crippen LogP contribution in [-0.2, 0) is 25.5 Å². The lowest BCUT2D eigenvalue weighted by Crippen LogP contribution is -2.49. The van der Waals surface area contributed by atoms with E-state index < -0.39 is 23.2 Å². The summed E-state index contributed by atoms with van der Waals surface area (Å²) in [6, 6.07) is 3.51. The molecule has 2 aliphatic rings. The van der Waals surface area contributed by atoms with Gasteiger partial charge in [0.05, 0.1) is 26.5 Å². The van der Waals surface area contributed by atoms with Crippen molar-refractivity contribution >= 4 is 23.4 Å². The third-order valence-electron chi connectivity index (χ3n) is 4.66. The van der Waals surface area contributed by atoms with Gasteiger partial charge in [-0.25, -0.2) is 4.79 Å². The average molecular weight is 359 g/mol. The molecule has 0 radical (unpaired) electrons. The molecule has 3 rings (SSSR count). The van der Waals surface area contributed by atoms with Gasteiger partial charge in [-0.1, -0.05) is 0 Å². The van der Waals surface area contributed by atoms with Gasteiger partial charge in [0.2, 0.25) is 0 Å². The number of carbonyl (C=O) groups is 3. The lowest BCUT2D eigenvalue weighted by molar-refractivity contribution is -0.145. The second-order valence-electron chi connectivity index (χ2n) is 6.77. The zero-order chi connectivity index (χ0) is 19.2. The van der Waals surface area contributed by atoms with E-state index in [1.54, 1.807) is 13.0 Å². The molecule has 0 aliphatic carbocycles. The van der Waals surface area contributed by atoms with Crippen LogP contribution in [0.15, 0.2) is 17.7 Å². The number of esters is 1. The van der Waals surface area contributed by atoms with E-state index in [4.69, 9.17) is 14.2 Å². The van der Waals surface area contributed by atoms with E-state index in [9.17, 15) is 14.4 Å². The van der Waals surface area contributed by atoms with Gasteiger partial charge in [-0.3, -0.25) is 14.5 Å². The van der Waals surface area contributed by atoms with Crippen LogP contribution in [0.5, 0.6) is 11.5 Å². The van der Waals surface area contributed by atoms with Crippen molar-refractivity contribution in [3.05, 3.63) is 28.8 Å². The van der Waals surface area contributed by atoms with Crippen molar-refractivity contribution in [2.45, 2.75) is 32.7 Å². The second kappa shape index (κ2) is 6.16. The highest BCUT2D eigenvalue weighted by atomic mass is 16.5. The molecular weight excluding hydrogens is 338 g/mol. The van der Waals surface area contributed by atoms with Crippen LogP contribution in [0.2, 0.25) is 0 Å². The van der Waals surface area contributed by atoms with Crippen molar-refractivity contribution in [3.63, 3.8) is 0 Å². The number of ether oxygens (including phenoxy) is 3. The summed E-state index contributed by atoms with van der Waals surface area (Å²) >= 11 is 0. The maximum atomic E-state index is 12.6. The van der Waals surface area contributed by atoms with Gasteiger partial charge in [0, 0.05) is 11.1 Å². The Morgan fingerprint density at radius 1 is 1.15 bits per heavy atom. The lowest BCUT2D eigenvalue weighted by Gasteiger charge is -2.42. The van der Waals surface area contributed by atoms with Crippen molar-refractivity contribution in [2.75, 3.05) is 20.8 Å². The van der Waals surface area contributed by atoms with Gasteiger partial charge in [0.25, 0.3) is 11.7 Å². The van der Waals surface area contributed by atoms with Crippen LogP contribution < -0.4 is 9.47 Å². The number of hydrogen-bond acceptors (Lipinski definition) is 6. The molecule has 0 unspecified atom stereocenters. The minimum absolute atomic E-state index is 0.110. The highest BCUT2D eigenvalue weighted by Gasteiger charge is 2.51. The maximum absolute atomic E-state index is 12.6. The zero-order valence-corrected chi connectivity index (χ0v) is 15.5. The third kappa shape index (κ3) is 2.46. The number of Topliss-reactive ketones (excluding diaryl/α,β-unsaturated/α-hetero) is 1. The Morgan fingerprint density at radius 2 is 1.77 bits per heavy atom. The van der Waals surface area contributed by atoms with E-state index in [0.29, 0.717) is 23.5 Å². The number of ketones is 1. The first-order chi connectivity index (χ1) is 12.3. The number of hydrogen-bond donors (Lipinski definition) is 0. The fraction of sp³-hybridized carbons (Fsp3) is 0.421. The molecule has 0 atom stereocenters. The number of nitrogens with zero attached hydrogens (tertiary/aromatic N) is 1. The van der Waals surface area contributed by atoms with E-state index in [1.807, 2.05) is 19.9 Å². The smallest absolute Gasteiger partial charge is 0.344 e. The molecule has 138 valence electrons. The van der Waals surface area contributed by atoms with E-state index in [0.717, 1.165) is 5.56 Å². The summed E-state index contributed by atoms with van der Waals surface area (Å²) in [5.41, 5.74) is 0.847. The predicted molar refractivity (Wildman–Crippen MR) is 92.7 cm³/mol. The topological polar surface area (TPSA) is 82.1 Å². The van der Waals surface area contributed by atoms with Crippen LogP contribution >= 0.6 is 0 Å². The molecule has 2 heterocycles. The van der Waals surface area contributed by atoms with Gasteiger partial charge in [0.1, 0.15) is 5.57 Å². The summed E-state index contributed by atoms with van der Waals surface area (Å²) in [5.74, 6) is -1.35. The van der Waals surface area contributed by atoms with Crippen molar-refractivity contribution in [2.24, 2.45) is 0 Å². The van der Waals surface area contributed by atoms with Crippen molar-refractivity contribution in [3.8, 4) is 11.5 Å². The molecule has 26 heavy (non-hydrogen) atoms. The summed E-state index contributed by atoms with van der Waals surface area (Å²) in [7, 11) is 3.04. The molecule has 0 bridgehead atoms. The van der Waals surface area contributed by atoms with Crippen LogP contribution in [0.4, 0.5) is 0 Å². The summed E-state index contributed by atoms with van der Waals surface area (Å²) in [4.78, 5) is 39.0. The minimum atomic E-state index is -0.839. The van der Waals surface area contributed by atoms with E-state index >= 15 is 0 Å². The zero-order valence-electron chi connectivity index (χ0n) is 15.5. The van der Waals surface area contributed by atoms with Gasteiger partial charge >= 0.3 is 5.97 Å². The first kappa shape index (κ1) is 18.0. The summed E-state index contributed by atoms with van der Waals surface area (Å²) in [5, 5.41) is 0. The molecule has 0 aromatic heterocycles. The molecule has 0 fully saturated rings. The number of fused-ring (bicyclic) bond motifs is 3. The number of carbonyl (C=O) groups excluding carboxylic acids is 3. The predicted octanol–water partition coefficient (Wildman–Crippen LogP) is 1.72. The van der Waals surface area contributed by atoms with Gasteiger partial charge in [-0.2, -0.15) is 0 Å². The van der Waals surface area contributed by atoms with Gasteiger partial charge < -0.3 is 14.2 Å². The Labute approximate surface area is 151 Å². The van der Waals surface area contributed by atoms with Crippen LogP contribution in [-0.4, -0.2) is 48.9 Å². The van der Waals surface area contributed by atoms with Crippen LogP contribution in [0.3, 0.4) is 0 Å². The summed E-state index contributed by atoms with van der Waals surface area (Å²) in [6.45, 7) is 5.46. The molecule has 1 aromatic carbocycles. The SMILES string of the molecule is CCOC(=O)C1=C2c3cc(OC)c(OC)cc3CC(C)(C)N2C(=O)C1=O. The summed E-state index contributed by atoms with van der Waals surface area (Å²) in [6.07, 6.45) is 0.501. The monoisotopic (exact) mass is 359 g/mol. The quantitative estimate of drug-likeness (QED) is 0.463. The van der Waals surface area contributed by atoms with Crippen molar-refractivity contribution in [1.82, 2.24) is 4.90 Å². The fourth-order valence-corrected chi connectivity index (χ4v) is 3.59. The molecule has 2 aliphatic heterocycles. The molecule has 0 saturated carbocycles. The Bertz CT molecular complexity index is 852. The molecule has 0 N–H and O–H groups in total. The van der Waals surface area contributed by atoms with E-state index in [1.165, 1.54) is 19.1 Å². The van der Waals surface area contributed by atoms with Crippen molar-refractivity contribution < 1.29 is 28.6 Å². The normalized spacial score (nSPS) is 17.8. The highest BCUT2D eigenvalue weighted by Crippen LogP contribution is 2.46. The van der Waals surface area contributed by atoms with E-state index in [2.05, 4.69) is 0 Å². The van der Waals surface area contributed by atoms with Gasteiger partial charge in [-0.05, 0) is 44.9 Å². The largest absolute Gasteiger partial charge is 0.493 e. The molecule has 7 nitrogen and oxygen atoms in total. The van der Waals surface area contributed by atoms with Crippen molar-refractivity contribution in [1.29, 1.82) is 0 Å². The molecule has 0 spiro atoms. The Morgan fingerprint density at radius 3 is 2.35 bits per heavy atom. The lowest BCUT2D eigenvalue weighted by atomic mass is 9.83. The van der Waals surface area contributed by atoms with Crippen LogP contribution in [0.25, 0.3) is 5.70 Å². The minimum Gasteiger partial charge on any atom is -0.493 e. The first-order valence-electron chi connectivity index (χ1n) is 8.32. The standard InChI is InChI=1S/C19H21NO6/c1-6-26-18(23)14-15-11-8-13(25-5)12(24-4)7-10(11)9-19(2,3)20(15)17(22)16(14)21/h7-8H,6,9H2,1-5H3. The number of benzene rings is 1. The molecule has 1 amide bonds. The Balaban J connectivity index is 2.33. The van der Waals surface area contributed by atoms with Crippen LogP contribution in [0.1, 0.15) is 31.9 Å². The van der Waals surface area contributed by atoms with Gasteiger partial charge in [-0.15, -0.1) is 0 Å². The fourth-order valence-electron chi connectivity index (χ4n) is 3.59. The third-order valence-corrected chi connectivity index (χ3v) is 4.66.